The van der Waals surface area contributed by atoms with E-state index in [0.29, 0.717) is 33.9 Å². The zero-order valence-corrected chi connectivity index (χ0v) is 23.1. The van der Waals surface area contributed by atoms with Crippen LogP contribution in [0.1, 0.15) is 40.8 Å². The van der Waals surface area contributed by atoms with Crippen LogP contribution in [0.25, 0.3) is 10.6 Å². The molecule has 1 saturated carbocycles. The molecule has 38 heavy (non-hydrogen) atoms. The van der Waals surface area contributed by atoms with Gasteiger partial charge in [-0.1, -0.05) is 11.6 Å². The van der Waals surface area contributed by atoms with Crippen LogP contribution in [-0.4, -0.2) is 46.2 Å². The zero-order chi connectivity index (χ0) is 26.9. The molecule has 1 aliphatic carbocycles. The minimum Gasteiger partial charge on any atom is -0.341 e. The molecular weight excluding hydrogens is 555 g/mol. The Kier molecular flexibility index (Phi) is 8.18. The van der Waals surface area contributed by atoms with Gasteiger partial charge >= 0.3 is 6.18 Å². The average Bonchev–Trinajstić information content (AvgIpc) is 3.22. The number of hydrogen-bond acceptors (Lipinski definition) is 7. The van der Waals surface area contributed by atoms with Gasteiger partial charge in [-0.3, -0.25) is 4.79 Å². The summed E-state index contributed by atoms with van der Waals surface area (Å²) < 4.78 is 41.8. The van der Waals surface area contributed by atoms with Crippen LogP contribution in [0.5, 0.6) is 0 Å². The zero-order valence-electron chi connectivity index (χ0n) is 20.7. The minimum atomic E-state index is -4.61. The number of nitrogens with zero attached hydrogens (tertiary/aromatic N) is 3. The number of fused-ring (bicyclic) bond motifs is 1. The predicted octanol–water partition coefficient (Wildman–Crippen LogP) is 6.68. The topological polar surface area (TPSA) is 70.2 Å². The van der Waals surface area contributed by atoms with Crippen molar-refractivity contribution in [3.05, 3.63) is 51.0 Å². The van der Waals surface area contributed by atoms with Crippen LogP contribution in [-0.2, 0) is 23.9 Å². The van der Waals surface area contributed by atoms with E-state index in [0.717, 1.165) is 72.3 Å². The Morgan fingerprint density at radius 3 is 2.82 bits per heavy atom. The van der Waals surface area contributed by atoms with Crippen molar-refractivity contribution in [2.75, 3.05) is 24.2 Å². The molecule has 0 bridgehead atoms. The lowest BCUT2D eigenvalue weighted by atomic mass is 9.92. The molecule has 202 valence electrons. The number of hydrogen-bond donors (Lipinski definition) is 2. The van der Waals surface area contributed by atoms with Gasteiger partial charge in [-0.05, 0) is 68.5 Å². The summed E-state index contributed by atoms with van der Waals surface area (Å²) in [5.74, 6) is 0.715. The van der Waals surface area contributed by atoms with E-state index in [1.54, 1.807) is 17.8 Å². The molecule has 2 aromatic heterocycles. The van der Waals surface area contributed by atoms with Gasteiger partial charge in [-0.25, -0.2) is 9.97 Å². The van der Waals surface area contributed by atoms with Crippen molar-refractivity contribution in [2.24, 2.45) is 0 Å². The maximum atomic E-state index is 13.9. The highest BCUT2D eigenvalue weighted by Crippen LogP contribution is 2.42. The number of thioether (sulfide) groups is 1. The number of aromatic nitrogens is 2. The van der Waals surface area contributed by atoms with Gasteiger partial charge in [-0.2, -0.15) is 13.2 Å². The number of nitrogens with one attached hydrogen (secondary N) is 2. The maximum absolute atomic E-state index is 13.9. The van der Waals surface area contributed by atoms with E-state index < -0.39 is 11.7 Å². The van der Waals surface area contributed by atoms with Crippen LogP contribution in [0.3, 0.4) is 0 Å². The van der Waals surface area contributed by atoms with Gasteiger partial charge in [0, 0.05) is 40.9 Å². The first kappa shape index (κ1) is 27.2. The summed E-state index contributed by atoms with van der Waals surface area (Å²) in [5, 5.41) is 6.77. The largest absolute Gasteiger partial charge is 0.420 e. The fourth-order valence-corrected chi connectivity index (χ4v) is 7.04. The molecule has 3 heterocycles. The van der Waals surface area contributed by atoms with E-state index in [1.165, 1.54) is 11.3 Å². The molecule has 2 N–H and O–H groups in total. The molecule has 0 saturated heterocycles. The van der Waals surface area contributed by atoms with Crippen LogP contribution in [0.2, 0.25) is 5.02 Å². The first-order valence-electron chi connectivity index (χ1n) is 12.4. The number of aryl methyl sites for hydroxylation is 1. The van der Waals surface area contributed by atoms with Crippen molar-refractivity contribution in [2.45, 2.75) is 56.3 Å². The Labute approximate surface area is 232 Å². The van der Waals surface area contributed by atoms with Gasteiger partial charge < -0.3 is 15.5 Å². The number of carbonyl (C=O) groups excluding carboxylic acids is 1. The Morgan fingerprint density at radius 2 is 2.11 bits per heavy atom. The van der Waals surface area contributed by atoms with E-state index in [1.807, 2.05) is 24.0 Å². The van der Waals surface area contributed by atoms with E-state index >= 15 is 0 Å². The lowest BCUT2D eigenvalue weighted by Crippen LogP contribution is -2.40. The molecule has 6 nitrogen and oxygen atoms in total. The lowest BCUT2D eigenvalue weighted by Gasteiger charge is -2.34. The van der Waals surface area contributed by atoms with Crippen LogP contribution in [0.4, 0.5) is 24.8 Å². The molecular formula is C26H27ClF3N5OS2. The summed E-state index contributed by atoms with van der Waals surface area (Å²) in [7, 11) is 0. The Balaban J connectivity index is 1.39. The van der Waals surface area contributed by atoms with Crippen molar-refractivity contribution in [1.29, 1.82) is 0 Å². The third-order valence-corrected chi connectivity index (χ3v) is 9.53. The van der Waals surface area contributed by atoms with Crippen molar-refractivity contribution >= 4 is 52.7 Å². The molecule has 1 aromatic carbocycles. The number of thiophene rings is 1. The summed E-state index contributed by atoms with van der Waals surface area (Å²) in [6.07, 6.45) is 1.15. The highest BCUT2D eigenvalue weighted by molar-refractivity contribution is 7.99. The van der Waals surface area contributed by atoms with E-state index in [2.05, 4.69) is 20.6 Å². The van der Waals surface area contributed by atoms with Crippen LogP contribution in [0, 0.1) is 6.92 Å². The fourth-order valence-electron chi connectivity index (χ4n) is 4.58. The summed E-state index contributed by atoms with van der Waals surface area (Å²) in [5.41, 5.74) is 1.73. The maximum Gasteiger partial charge on any atom is 0.420 e. The summed E-state index contributed by atoms with van der Waals surface area (Å²) in [4.78, 5) is 23.7. The number of rotatable bonds is 9. The molecule has 3 aromatic rings. The van der Waals surface area contributed by atoms with Crippen molar-refractivity contribution < 1.29 is 18.0 Å². The quantitative estimate of drug-likeness (QED) is 0.217. The number of anilines is 2. The predicted molar refractivity (Wildman–Crippen MR) is 146 cm³/mol. The highest BCUT2D eigenvalue weighted by atomic mass is 35.5. The standard InChI is InChI=1S/C26H27ClF3N5OS2/c1-15-22(37-8-7-35(14-36)18-3-2-4-18)11-23(38-15)24-19(26(28,29)30)13-32-25(34-24)33-21-10-16-5-6-31-12-17(16)9-20(21)27/h9-11,13-14,18,31H,2-8,12H2,1H3,(H,32,33,34). The second kappa shape index (κ2) is 11.4. The van der Waals surface area contributed by atoms with Crippen molar-refractivity contribution in [3.8, 4) is 10.6 Å². The minimum absolute atomic E-state index is 0.0474. The smallest absolute Gasteiger partial charge is 0.341 e. The number of alkyl halides is 3. The number of halogens is 4. The lowest BCUT2D eigenvalue weighted by molar-refractivity contribution is -0.137. The first-order chi connectivity index (χ1) is 18.2. The third-order valence-electron chi connectivity index (χ3n) is 6.91. The molecule has 2 aliphatic rings. The molecule has 0 radical (unpaired) electrons. The van der Waals surface area contributed by atoms with Gasteiger partial charge in [0.25, 0.3) is 0 Å². The number of benzene rings is 1. The van der Waals surface area contributed by atoms with Gasteiger partial charge in [0.15, 0.2) is 0 Å². The molecule has 0 unspecified atom stereocenters. The van der Waals surface area contributed by atoms with E-state index in [4.69, 9.17) is 11.6 Å². The molecule has 0 atom stereocenters. The summed E-state index contributed by atoms with van der Waals surface area (Å²) >= 11 is 9.26. The highest BCUT2D eigenvalue weighted by Gasteiger charge is 2.36. The van der Waals surface area contributed by atoms with E-state index in [9.17, 15) is 18.0 Å². The average molecular weight is 582 g/mol. The SMILES string of the molecule is Cc1sc(-c2nc(Nc3cc4c(cc3Cl)CNCC4)ncc2C(F)(F)F)cc1SCCN(C=O)C1CCC1. The summed E-state index contributed by atoms with van der Waals surface area (Å²) in [6.45, 7) is 4.06. The Morgan fingerprint density at radius 1 is 1.29 bits per heavy atom. The van der Waals surface area contributed by atoms with Gasteiger partial charge in [0.1, 0.15) is 5.56 Å². The summed E-state index contributed by atoms with van der Waals surface area (Å²) in [6, 6.07) is 5.84. The van der Waals surface area contributed by atoms with Crippen LogP contribution in [0.15, 0.2) is 29.3 Å². The van der Waals surface area contributed by atoms with E-state index in [-0.39, 0.29) is 11.6 Å². The van der Waals surface area contributed by atoms with Gasteiger partial charge in [0.05, 0.1) is 21.3 Å². The second-order valence-electron chi connectivity index (χ2n) is 9.41. The number of carbonyl (C=O) groups is 1. The monoisotopic (exact) mass is 581 g/mol. The Hall–Kier alpha value is -2.34. The molecule has 12 heteroatoms. The van der Waals surface area contributed by atoms with Gasteiger partial charge in [-0.15, -0.1) is 23.1 Å². The first-order valence-corrected chi connectivity index (χ1v) is 14.6. The van der Waals surface area contributed by atoms with Crippen LogP contribution >= 0.6 is 34.7 Å². The fraction of sp³-hybridized carbons (Fsp3) is 0.423. The Bertz CT molecular complexity index is 1330. The third kappa shape index (κ3) is 5.95. The molecule has 1 fully saturated rings. The second-order valence-corrected chi connectivity index (χ2v) is 12.2. The van der Waals surface area contributed by atoms with Crippen molar-refractivity contribution in [3.63, 3.8) is 0 Å². The number of amides is 1. The molecule has 1 amide bonds. The van der Waals surface area contributed by atoms with Crippen molar-refractivity contribution in [1.82, 2.24) is 20.2 Å². The molecule has 5 rings (SSSR count). The molecule has 0 spiro atoms. The van der Waals surface area contributed by atoms with Gasteiger partial charge in [0.2, 0.25) is 12.4 Å². The normalized spacial score (nSPS) is 15.6. The molecule has 1 aliphatic heterocycles. The van der Waals surface area contributed by atoms with Crippen LogP contribution < -0.4 is 10.6 Å².